The van der Waals surface area contributed by atoms with Crippen LogP contribution in [0.3, 0.4) is 0 Å². The van der Waals surface area contributed by atoms with E-state index in [4.69, 9.17) is 5.26 Å². The zero-order chi connectivity index (χ0) is 10.6. The maximum Gasteiger partial charge on any atom is 0.234 e. The third-order valence-corrected chi connectivity index (χ3v) is 2.16. The standard InChI is InChI=1S/C10H17N3O/c1-8(5-11)6-13(2)7-10(14)12-9-3-4-9/h8-9H,3-4,6-7H2,1-2H3,(H,12,14). The number of amides is 1. The highest BCUT2D eigenvalue weighted by Gasteiger charge is 2.23. The average molecular weight is 195 g/mol. The molecule has 1 rings (SSSR count). The van der Waals surface area contributed by atoms with Crippen molar-refractivity contribution in [3.05, 3.63) is 0 Å². The van der Waals surface area contributed by atoms with E-state index in [0.717, 1.165) is 12.8 Å². The molecule has 4 nitrogen and oxygen atoms in total. The summed E-state index contributed by atoms with van der Waals surface area (Å²) in [6.45, 7) is 2.90. The van der Waals surface area contributed by atoms with Crippen LogP contribution in [0.1, 0.15) is 19.8 Å². The summed E-state index contributed by atoms with van der Waals surface area (Å²) in [5.41, 5.74) is 0. The summed E-state index contributed by atoms with van der Waals surface area (Å²) in [4.78, 5) is 13.2. The molecule has 1 fully saturated rings. The van der Waals surface area contributed by atoms with Crippen LogP contribution in [-0.4, -0.2) is 37.0 Å². The lowest BCUT2D eigenvalue weighted by atomic mass is 10.2. The molecule has 0 radical (unpaired) electrons. The van der Waals surface area contributed by atoms with Crippen LogP contribution in [0.25, 0.3) is 0 Å². The summed E-state index contributed by atoms with van der Waals surface area (Å²) in [7, 11) is 1.86. The number of rotatable bonds is 5. The van der Waals surface area contributed by atoms with Gasteiger partial charge in [0.15, 0.2) is 0 Å². The van der Waals surface area contributed by atoms with Crippen LogP contribution in [0.15, 0.2) is 0 Å². The van der Waals surface area contributed by atoms with E-state index in [9.17, 15) is 4.79 Å². The lowest BCUT2D eigenvalue weighted by molar-refractivity contribution is -0.122. The highest BCUT2D eigenvalue weighted by Crippen LogP contribution is 2.18. The van der Waals surface area contributed by atoms with Gasteiger partial charge in [-0.05, 0) is 26.8 Å². The molecule has 0 bridgehead atoms. The summed E-state index contributed by atoms with van der Waals surface area (Å²) in [5.74, 6) is 0.0499. The fourth-order valence-corrected chi connectivity index (χ4v) is 1.32. The van der Waals surface area contributed by atoms with E-state index in [-0.39, 0.29) is 11.8 Å². The van der Waals surface area contributed by atoms with Gasteiger partial charge in [-0.25, -0.2) is 0 Å². The van der Waals surface area contributed by atoms with Crippen molar-refractivity contribution >= 4 is 5.91 Å². The van der Waals surface area contributed by atoms with Gasteiger partial charge in [0, 0.05) is 12.6 Å². The lowest BCUT2D eigenvalue weighted by Gasteiger charge is -2.16. The third-order valence-electron chi connectivity index (χ3n) is 2.16. The van der Waals surface area contributed by atoms with Crippen LogP contribution in [0.4, 0.5) is 0 Å². The Balaban J connectivity index is 2.15. The molecule has 1 aliphatic carbocycles. The minimum Gasteiger partial charge on any atom is -0.352 e. The second-order valence-corrected chi connectivity index (χ2v) is 4.07. The molecule has 0 heterocycles. The zero-order valence-electron chi connectivity index (χ0n) is 8.79. The highest BCUT2D eigenvalue weighted by atomic mass is 16.2. The molecule has 0 aromatic carbocycles. The summed E-state index contributed by atoms with van der Waals surface area (Å²) >= 11 is 0. The SMILES string of the molecule is CC(C#N)CN(C)CC(=O)NC1CC1. The quantitative estimate of drug-likeness (QED) is 0.689. The van der Waals surface area contributed by atoms with Gasteiger partial charge < -0.3 is 5.32 Å². The first-order valence-corrected chi connectivity index (χ1v) is 4.99. The van der Waals surface area contributed by atoms with Gasteiger partial charge in [-0.1, -0.05) is 0 Å². The molecule has 1 N–H and O–H groups in total. The van der Waals surface area contributed by atoms with Crippen molar-refractivity contribution in [2.45, 2.75) is 25.8 Å². The number of hydrogen-bond donors (Lipinski definition) is 1. The van der Waals surface area contributed by atoms with E-state index in [2.05, 4.69) is 11.4 Å². The van der Waals surface area contributed by atoms with Crippen LogP contribution in [0.2, 0.25) is 0 Å². The number of carbonyl (C=O) groups excluding carboxylic acids is 1. The minimum absolute atomic E-state index is 0.0197. The summed E-state index contributed by atoms with van der Waals surface area (Å²) in [6, 6.07) is 2.57. The first-order valence-electron chi connectivity index (χ1n) is 4.99. The van der Waals surface area contributed by atoms with E-state index < -0.39 is 0 Å². The Bertz CT molecular complexity index is 242. The van der Waals surface area contributed by atoms with Gasteiger partial charge in [0.2, 0.25) is 5.91 Å². The zero-order valence-corrected chi connectivity index (χ0v) is 8.79. The first-order chi connectivity index (χ1) is 6.61. The molecule has 0 aromatic heterocycles. The second-order valence-electron chi connectivity index (χ2n) is 4.07. The van der Waals surface area contributed by atoms with Gasteiger partial charge in [-0.15, -0.1) is 0 Å². The Morgan fingerprint density at radius 1 is 1.71 bits per heavy atom. The van der Waals surface area contributed by atoms with Crippen LogP contribution in [0, 0.1) is 17.2 Å². The van der Waals surface area contributed by atoms with Crippen molar-refractivity contribution in [2.24, 2.45) is 5.92 Å². The molecular weight excluding hydrogens is 178 g/mol. The van der Waals surface area contributed by atoms with Crippen molar-refractivity contribution in [2.75, 3.05) is 20.1 Å². The average Bonchev–Trinajstić information content (AvgIpc) is 2.87. The molecule has 1 aliphatic rings. The molecule has 14 heavy (non-hydrogen) atoms. The molecule has 0 saturated heterocycles. The Kier molecular flexibility index (Phi) is 3.90. The molecule has 0 aromatic rings. The van der Waals surface area contributed by atoms with Gasteiger partial charge in [0.25, 0.3) is 0 Å². The van der Waals surface area contributed by atoms with Gasteiger partial charge >= 0.3 is 0 Å². The first kappa shape index (κ1) is 11.0. The largest absolute Gasteiger partial charge is 0.352 e. The molecule has 78 valence electrons. The fourth-order valence-electron chi connectivity index (χ4n) is 1.32. The molecular formula is C10H17N3O. The molecule has 1 unspecified atom stereocenters. The molecule has 1 atom stereocenters. The highest BCUT2D eigenvalue weighted by molar-refractivity contribution is 5.78. The Morgan fingerprint density at radius 3 is 2.86 bits per heavy atom. The molecule has 0 spiro atoms. The van der Waals surface area contributed by atoms with Crippen molar-refractivity contribution < 1.29 is 4.79 Å². The van der Waals surface area contributed by atoms with Crippen LogP contribution in [-0.2, 0) is 4.79 Å². The normalized spacial score (nSPS) is 17.6. The minimum atomic E-state index is -0.0197. The molecule has 0 aliphatic heterocycles. The number of hydrogen-bond acceptors (Lipinski definition) is 3. The summed E-state index contributed by atoms with van der Waals surface area (Å²) in [5, 5.41) is 11.5. The number of nitrogens with one attached hydrogen (secondary N) is 1. The summed E-state index contributed by atoms with van der Waals surface area (Å²) in [6.07, 6.45) is 2.23. The van der Waals surface area contributed by atoms with Crippen molar-refractivity contribution in [3.8, 4) is 6.07 Å². The van der Waals surface area contributed by atoms with Crippen LogP contribution >= 0.6 is 0 Å². The topological polar surface area (TPSA) is 56.1 Å². The van der Waals surface area contributed by atoms with E-state index in [1.54, 1.807) is 0 Å². The van der Waals surface area contributed by atoms with E-state index in [1.807, 2.05) is 18.9 Å². The predicted molar refractivity (Wildman–Crippen MR) is 53.4 cm³/mol. The number of nitrogens with zero attached hydrogens (tertiary/aromatic N) is 2. The van der Waals surface area contributed by atoms with Crippen molar-refractivity contribution in [3.63, 3.8) is 0 Å². The molecule has 1 amide bonds. The maximum absolute atomic E-state index is 11.3. The van der Waals surface area contributed by atoms with Crippen LogP contribution < -0.4 is 5.32 Å². The monoisotopic (exact) mass is 195 g/mol. The number of nitriles is 1. The maximum atomic E-state index is 11.3. The van der Waals surface area contributed by atoms with Gasteiger partial charge in [-0.3, -0.25) is 9.69 Å². The van der Waals surface area contributed by atoms with E-state index in [0.29, 0.717) is 19.1 Å². The van der Waals surface area contributed by atoms with Gasteiger partial charge in [0.1, 0.15) is 0 Å². The number of carbonyl (C=O) groups is 1. The van der Waals surface area contributed by atoms with Crippen molar-refractivity contribution in [1.82, 2.24) is 10.2 Å². The smallest absolute Gasteiger partial charge is 0.234 e. The number of likely N-dealkylation sites (N-methyl/N-ethyl adjacent to an activating group) is 1. The predicted octanol–water partition coefficient (Wildman–Crippen LogP) is 0.356. The second kappa shape index (κ2) is 4.97. The Hall–Kier alpha value is -1.08. The van der Waals surface area contributed by atoms with E-state index >= 15 is 0 Å². The van der Waals surface area contributed by atoms with E-state index in [1.165, 1.54) is 0 Å². The fraction of sp³-hybridized carbons (Fsp3) is 0.800. The van der Waals surface area contributed by atoms with Crippen molar-refractivity contribution in [1.29, 1.82) is 5.26 Å². The molecule has 1 saturated carbocycles. The van der Waals surface area contributed by atoms with Crippen LogP contribution in [0.5, 0.6) is 0 Å². The van der Waals surface area contributed by atoms with Gasteiger partial charge in [-0.2, -0.15) is 5.26 Å². The van der Waals surface area contributed by atoms with Gasteiger partial charge in [0.05, 0.1) is 18.5 Å². The molecule has 4 heteroatoms. The Morgan fingerprint density at radius 2 is 2.36 bits per heavy atom. The third kappa shape index (κ3) is 4.24. The lowest BCUT2D eigenvalue weighted by Crippen LogP contribution is -2.37. The Labute approximate surface area is 84.9 Å². The summed E-state index contributed by atoms with van der Waals surface area (Å²) < 4.78 is 0.